The number of aliphatic hydroxyl groups excluding tert-OH is 1. The summed E-state index contributed by atoms with van der Waals surface area (Å²) in [6.07, 6.45) is 2.83. The third-order valence-corrected chi connectivity index (χ3v) is 7.51. The van der Waals surface area contributed by atoms with Gasteiger partial charge in [-0.25, -0.2) is 4.98 Å². The van der Waals surface area contributed by atoms with E-state index in [4.69, 9.17) is 9.15 Å². The van der Waals surface area contributed by atoms with Gasteiger partial charge in [0.2, 0.25) is 11.8 Å². The summed E-state index contributed by atoms with van der Waals surface area (Å²) in [4.78, 5) is 21.5. The zero-order chi connectivity index (χ0) is 26.6. The van der Waals surface area contributed by atoms with Crippen LogP contribution in [0.5, 0.6) is 5.75 Å². The maximum atomic E-state index is 12.6. The van der Waals surface area contributed by atoms with Gasteiger partial charge < -0.3 is 19.6 Å². The maximum absolute atomic E-state index is 12.6. The normalized spacial score (nSPS) is 16.7. The summed E-state index contributed by atoms with van der Waals surface area (Å²) in [7, 11) is 0. The van der Waals surface area contributed by atoms with E-state index in [1.807, 2.05) is 54.6 Å². The van der Waals surface area contributed by atoms with E-state index in [0.717, 1.165) is 55.8 Å². The molecule has 0 radical (unpaired) electrons. The maximum Gasteiger partial charge on any atom is 0.238 e. The highest BCUT2D eigenvalue weighted by atomic mass is 16.5. The van der Waals surface area contributed by atoms with Crippen LogP contribution in [0.25, 0.3) is 22.6 Å². The second-order valence-electron chi connectivity index (χ2n) is 10.4. The molecule has 0 unspecified atom stereocenters. The van der Waals surface area contributed by atoms with Crippen molar-refractivity contribution >= 4 is 22.7 Å². The molecule has 1 saturated heterocycles. The van der Waals surface area contributed by atoms with Gasteiger partial charge in [0.15, 0.2) is 5.58 Å². The van der Waals surface area contributed by atoms with Crippen LogP contribution in [-0.2, 0) is 17.6 Å². The fraction of sp³-hybridized carbons (Fsp3) is 0.355. The lowest BCUT2D eigenvalue weighted by atomic mass is 10.1. The van der Waals surface area contributed by atoms with E-state index in [2.05, 4.69) is 32.2 Å². The number of carbonyl (C=O) groups is 1. The lowest BCUT2D eigenvalue weighted by Crippen LogP contribution is -2.50. The molecule has 8 nitrogen and oxygen atoms in total. The first kappa shape index (κ1) is 25.6. The number of β-amino-alcohol motifs (C(OH)–C–C–N with tert-alkyl or cyclic N) is 1. The van der Waals surface area contributed by atoms with Gasteiger partial charge in [-0.15, -0.1) is 0 Å². The monoisotopic (exact) mass is 526 g/mol. The van der Waals surface area contributed by atoms with Crippen molar-refractivity contribution in [3.05, 3.63) is 77.9 Å². The molecular weight excluding hydrogens is 492 g/mol. The molecule has 0 saturated carbocycles. The van der Waals surface area contributed by atoms with Crippen LogP contribution in [0, 0.1) is 0 Å². The Morgan fingerprint density at radius 2 is 1.77 bits per heavy atom. The molecule has 3 aromatic carbocycles. The average Bonchev–Trinajstić information content (AvgIpc) is 3.60. The minimum Gasteiger partial charge on any atom is -0.491 e. The van der Waals surface area contributed by atoms with Crippen LogP contribution in [0.4, 0.5) is 5.69 Å². The van der Waals surface area contributed by atoms with Gasteiger partial charge in [0.1, 0.15) is 24.0 Å². The van der Waals surface area contributed by atoms with Gasteiger partial charge in [0.05, 0.1) is 6.54 Å². The number of ether oxygens (including phenoxy) is 1. The predicted molar refractivity (Wildman–Crippen MR) is 151 cm³/mol. The Kier molecular flexibility index (Phi) is 7.58. The van der Waals surface area contributed by atoms with Crippen LogP contribution in [-0.4, -0.2) is 77.8 Å². The number of aryl methyl sites for hydroxylation is 2. The van der Waals surface area contributed by atoms with Crippen molar-refractivity contribution < 1.29 is 19.1 Å². The molecule has 1 amide bonds. The molecule has 1 aliphatic heterocycles. The zero-order valence-corrected chi connectivity index (χ0v) is 22.0. The summed E-state index contributed by atoms with van der Waals surface area (Å²) in [6, 6.07) is 21.6. The fourth-order valence-corrected chi connectivity index (χ4v) is 5.43. The van der Waals surface area contributed by atoms with E-state index in [9.17, 15) is 9.90 Å². The third-order valence-electron chi connectivity index (χ3n) is 7.51. The molecule has 1 fully saturated rings. The number of nitrogens with zero attached hydrogens (tertiary/aromatic N) is 3. The van der Waals surface area contributed by atoms with Crippen LogP contribution in [0.3, 0.4) is 0 Å². The first-order valence-electron chi connectivity index (χ1n) is 13.7. The molecule has 0 spiro atoms. The molecule has 202 valence electrons. The van der Waals surface area contributed by atoms with Crippen molar-refractivity contribution in [3.63, 3.8) is 0 Å². The van der Waals surface area contributed by atoms with E-state index in [1.165, 1.54) is 17.5 Å². The van der Waals surface area contributed by atoms with Gasteiger partial charge in [0, 0.05) is 50.0 Å². The van der Waals surface area contributed by atoms with E-state index >= 15 is 0 Å². The van der Waals surface area contributed by atoms with Crippen LogP contribution < -0.4 is 10.1 Å². The number of aromatic nitrogens is 1. The molecule has 2 aliphatic rings. The Hall–Kier alpha value is -3.72. The molecular formula is C31H34N4O4. The van der Waals surface area contributed by atoms with Crippen molar-refractivity contribution in [3.8, 4) is 17.2 Å². The Morgan fingerprint density at radius 1 is 0.974 bits per heavy atom. The van der Waals surface area contributed by atoms with E-state index in [1.54, 1.807) is 0 Å². The number of rotatable bonds is 9. The van der Waals surface area contributed by atoms with Gasteiger partial charge in [-0.3, -0.25) is 14.6 Å². The Bertz CT molecular complexity index is 1430. The molecule has 6 rings (SSSR count). The number of piperazine rings is 1. The lowest BCUT2D eigenvalue weighted by molar-refractivity contribution is -0.117. The number of carbonyl (C=O) groups excluding carboxylic acids is 1. The standard InChI is InChI=1S/C31H34N4O4/c36-26(21-38-27-11-12-29-28(18-27)33-31(39-29)23-5-2-1-3-6-23)19-34-13-15-35(16-14-34)20-30(37)32-25-10-9-22-7-4-8-24(22)17-25/h1-3,5-6,9-12,17-18,26,36H,4,7-8,13-16,19-21H2,(H,32,37)/t26-/m1/s1. The molecule has 4 aromatic rings. The SMILES string of the molecule is O=C(CN1CCN(C[C@@H](O)COc2ccc3oc(-c4ccccc4)nc3c2)CC1)Nc1ccc2c(c1)CCC2. The van der Waals surface area contributed by atoms with Gasteiger partial charge in [-0.2, -0.15) is 0 Å². The van der Waals surface area contributed by atoms with Crippen molar-refractivity contribution in [2.75, 3.05) is 51.2 Å². The molecule has 2 heterocycles. The quantitative estimate of drug-likeness (QED) is 0.341. The van der Waals surface area contributed by atoms with Gasteiger partial charge in [0.25, 0.3) is 0 Å². The van der Waals surface area contributed by atoms with Crippen LogP contribution in [0.2, 0.25) is 0 Å². The molecule has 1 aromatic heterocycles. The van der Waals surface area contributed by atoms with Crippen molar-refractivity contribution in [1.82, 2.24) is 14.8 Å². The number of benzene rings is 3. The molecule has 0 bridgehead atoms. The predicted octanol–water partition coefficient (Wildman–Crippen LogP) is 3.98. The second-order valence-corrected chi connectivity index (χ2v) is 10.4. The van der Waals surface area contributed by atoms with E-state index in [0.29, 0.717) is 30.3 Å². The summed E-state index contributed by atoms with van der Waals surface area (Å²) in [6.45, 7) is 4.28. The van der Waals surface area contributed by atoms with Crippen molar-refractivity contribution in [1.29, 1.82) is 0 Å². The largest absolute Gasteiger partial charge is 0.491 e. The smallest absolute Gasteiger partial charge is 0.238 e. The minimum atomic E-state index is -0.618. The van der Waals surface area contributed by atoms with Crippen molar-refractivity contribution in [2.24, 2.45) is 0 Å². The highest BCUT2D eigenvalue weighted by molar-refractivity contribution is 5.92. The number of fused-ring (bicyclic) bond motifs is 2. The Morgan fingerprint density at radius 3 is 2.62 bits per heavy atom. The molecule has 8 heteroatoms. The number of anilines is 1. The van der Waals surface area contributed by atoms with E-state index in [-0.39, 0.29) is 12.5 Å². The number of nitrogens with one attached hydrogen (secondary N) is 1. The molecule has 1 aliphatic carbocycles. The molecule has 39 heavy (non-hydrogen) atoms. The number of hydrogen-bond donors (Lipinski definition) is 2. The number of amides is 1. The topological polar surface area (TPSA) is 91.1 Å². The number of aliphatic hydroxyl groups is 1. The highest BCUT2D eigenvalue weighted by Crippen LogP contribution is 2.27. The average molecular weight is 527 g/mol. The summed E-state index contributed by atoms with van der Waals surface area (Å²) < 4.78 is 11.7. The highest BCUT2D eigenvalue weighted by Gasteiger charge is 2.21. The Labute approximate surface area is 228 Å². The van der Waals surface area contributed by atoms with Crippen molar-refractivity contribution in [2.45, 2.75) is 25.4 Å². The van der Waals surface area contributed by atoms with Gasteiger partial charge >= 0.3 is 0 Å². The van der Waals surface area contributed by atoms with Gasteiger partial charge in [-0.1, -0.05) is 24.3 Å². The minimum absolute atomic E-state index is 0.0230. The molecule has 1 atom stereocenters. The van der Waals surface area contributed by atoms with Crippen LogP contribution >= 0.6 is 0 Å². The number of hydrogen-bond acceptors (Lipinski definition) is 7. The van der Waals surface area contributed by atoms with E-state index < -0.39 is 6.10 Å². The van der Waals surface area contributed by atoms with Crippen LogP contribution in [0.1, 0.15) is 17.5 Å². The Balaban J connectivity index is 0.931. The first-order chi connectivity index (χ1) is 19.1. The zero-order valence-electron chi connectivity index (χ0n) is 22.0. The summed E-state index contributed by atoms with van der Waals surface area (Å²) in [5.41, 5.74) is 6.00. The summed E-state index contributed by atoms with van der Waals surface area (Å²) in [5.74, 6) is 1.24. The fourth-order valence-electron chi connectivity index (χ4n) is 5.43. The van der Waals surface area contributed by atoms with Crippen LogP contribution in [0.15, 0.2) is 71.1 Å². The summed E-state index contributed by atoms with van der Waals surface area (Å²) >= 11 is 0. The van der Waals surface area contributed by atoms with Gasteiger partial charge in [-0.05, 0) is 66.8 Å². The molecule has 2 N–H and O–H groups in total. The first-order valence-corrected chi connectivity index (χ1v) is 13.7. The second kappa shape index (κ2) is 11.6. The lowest BCUT2D eigenvalue weighted by Gasteiger charge is -2.35. The third kappa shape index (κ3) is 6.30. The number of oxazole rings is 1. The summed E-state index contributed by atoms with van der Waals surface area (Å²) in [5, 5.41) is 13.6.